The van der Waals surface area contributed by atoms with Crippen molar-refractivity contribution in [2.24, 2.45) is 0 Å². The topological polar surface area (TPSA) is 69.7 Å². The zero-order valence-corrected chi connectivity index (χ0v) is 12.0. The van der Waals surface area contributed by atoms with Crippen molar-refractivity contribution < 1.29 is 23.9 Å². The molecule has 5 heteroatoms. The highest BCUT2D eigenvalue weighted by Gasteiger charge is 2.31. The van der Waals surface area contributed by atoms with Crippen LogP contribution < -0.4 is 0 Å². The highest BCUT2D eigenvalue weighted by atomic mass is 16.5. The lowest BCUT2D eigenvalue weighted by molar-refractivity contribution is 0.0592. The number of ketones is 1. The van der Waals surface area contributed by atoms with Crippen LogP contribution in [0.1, 0.15) is 36.6 Å². The molecule has 110 valence electrons. The van der Waals surface area contributed by atoms with E-state index in [2.05, 4.69) is 4.74 Å². The van der Waals surface area contributed by atoms with Crippen molar-refractivity contribution in [2.45, 2.75) is 0 Å². The SMILES string of the molecule is COC(=O)c1ccc2c(c1)C(=O)c1cccc(C(=O)OC)c1-2. The molecule has 2 aromatic carbocycles. The number of esters is 2. The molecule has 1 aliphatic rings. The maximum absolute atomic E-state index is 12.5. The Morgan fingerprint density at radius 3 is 2.27 bits per heavy atom. The molecule has 0 N–H and O–H groups in total. The summed E-state index contributed by atoms with van der Waals surface area (Å²) in [7, 11) is 2.57. The van der Waals surface area contributed by atoms with Crippen molar-refractivity contribution in [3.05, 3.63) is 58.7 Å². The Morgan fingerprint density at radius 2 is 1.59 bits per heavy atom. The Bertz CT molecular complexity index is 820. The second-order valence-electron chi connectivity index (χ2n) is 4.80. The predicted molar refractivity (Wildman–Crippen MR) is 78.0 cm³/mol. The van der Waals surface area contributed by atoms with Crippen molar-refractivity contribution in [1.29, 1.82) is 0 Å². The third kappa shape index (κ3) is 1.90. The van der Waals surface area contributed by atoms with Crippen LogP contribution >= 0.6 is 0 Å². The maximum atomic E-state index is 12.5. The zero-order chi connectivity index (χ0) is 15.9. The molecule has 0 heterocycles. The molecule has 0 unspecified atom stereocenters. The fourth-order valence-corrected chi connectivity index (χ4v) is 2.65. The Morgan fingerprint density at radius 1 is 0.864 bits per heavy atom. The van der Waals surface area contributed by atoms with E-state index in [1.807, 2.05) is 0 Å². The van der Waals surface area contributed by atoms with Crippen LogP contribution in [0.5, 0.6) is 0 Å². The van der Waals surface area contributed by atoms with Gasteiger partial charge >= 0.3 is 11.9 Å². The molecule has 3 rings (SSSR count). The monoisotopic (exact) mass is 296 g/mol. The van der Waals surface area contributed by atoms with Crippen molar-refractivity contribution in [3.8, 4) is 11.1 Å². The smallest absolute Gasteiger partial charge is 0.338 e. The molecular weight excluding hydrogens is 284 g/mol. The third-order valence-corrected chi connectivity index (χ3v) is 3.67. The summed E-state index contributed by atoms with van der Waals surface area (Å²) in [5.41, 5.74) is 2.61. The first-order valence-corrected chi connectivity index (χ1v) is 6.57. The van der Waals surface area contributed by atoms with E-state index in [0.29, 0.717) is 33.4 Å². The van der Waals surface area contributed by atoms with E-state index in [0.717, 1.165) is 0 Å². The first kappa shape index (κ1) is 14.0. The number of benzene rings is 2. The van der Waals surface area contributed by atoms with E-state index in [9.17, 15) is 14.4 Å². The van der Waals surface area contributed by atoms with Crippen LogP contribution in [-0.2, 0) is 9.47 Å². The van der Waals surface area contributed by atoms with Crippen LogP contribution in [0.25, 0.3) is 11.1 Å². The molecule has 0 aromatic heterocycles. The van der Waals surface area contributed by atoms with Gasteiger partial charge in [-0.25, -0.2) is 9.59 Å². The predicted octanol–water partition coefficient (Wildman–Crippen LogP) is 2.47. The van der Waals surface area contributed by atoms with Crippen LogP contribution in [0.15, 0.2) is 36.4 Å². The number of fused-ring (bicyclic) bond motifs is 3. The number of carbonyl (C=O) groups is 3. The van der Waals surface area contributed by atoms with Crippen molar-refractivity contribution in [1.82, 2.24) is 0 Å². The first-order chi connectivity index (χ1) is 10.6. The minimum absolute atomic E-state index is 0.221. The highest BCUT2D eigenvalue weighted by Crippen LogP contribution is 2.39. The van der Waals surface area contributed by atoms with Crippen LogP contribution in [0.2, 0.25) is 0 Å². The quantitative estimate of drug-likeness (QED) is 0.679. The van der Waals surface area contributed by atoms with E-state index in [1.54, 1.807) is 30.3 Å². The summed E-state index contributed by atoms with van der Waals surface area (Å²) in [6, 6.07) is 9.61. The molecule has 22 heavy (non-hydrogen) atoms. The van der Waals surface area contributed by atoms with Gasteiger partial charge in [-0.05, 0) is 23.8 Å². The Hall–Kier alpha value is -2.95. The lowest BCUT2D eigenvalue weighted by Gasteiger charge is -2.07. The van der Waals surface area contributed by atoms with Crippen LogP contribution in [0.3, 0.4) is 0 Å². The van der Waals surface area contributed by atoms with Gasteiger partial charge < -0.3 is 9.47 Å². The summed E-state index contributed by atoms with van der Waals surface area (Å²) in [6.45, 7) is 0. The maximum Gasteiger partial charge on any atom is 0.338 e. The van der Waals surface area contributed by atoms with Gasteiger partial charge in [0, 0.05) is 16.7 Å². The summed E-state index contributed by atoms with van der Waals surface area (Å²) in [4.78, 5) is 36.0. The van der Waals surface area contributed by atoms with E-state index in [1.165, 1.54) is 20.3 Å². The average molecular weight is 296 g/mol. The van der Waals surface area contributed by atoms with Gasteiger partial charge in [0.2, 0.25) is 0 Å². The number of rotatable bonds is 2. The fraction of sp³-hybridized carbons (Fsp3) is 0.118. The summed E-state index contributed by atoms with van der Waals surface area (Å²) >= 11 is 0. The van der Waals surface area contributed by atoms with E-state index in [-0.39, 0.29) is 5.78 Å². The van der Waals surface area contributed by atoms with Crippen LogP contribution in [0.4, 0.5) is 0 Å². The molecule has 0 saturated heterocycles. The van der Waals surface area contributed by atoms with Gasteiger partial charge in [-0.3, -0.25) is 4.79 Å². The summed E-state index contributed by atoms with van der Waals surface area (Å²) in [5, 5.41) is 0. The minimum atomic E-state index is -0.514. The number of hydrogen-bond donors (Lipinski definition) is 0. The van der Waals surface area contributed by atoms with Crippen LogP contribution in [0, 0.1) is 0 Å². The summed E-state index contributed by atoms with van der Waals surface area (Å²) in [6.07, 6.45) is 0. The Labute approximate surface area is 126 Å². The zero-order valence-electron chi connectivity index (χ0n) is 12.0. The van der Waals surface area contributed by atoms with E-state index in [4.69, 9.17) is 4.74 Å². The molecule has 0 amide bonds. The molecular formula is C17H12O5. The summed E-state index contributed by atoms with van der Waals surface area (Å²) in [5.74, 6) is -1.24. The lowest BCUT2D eigenvalue weighted by atomic mass is 9.99. The van der Waals surface area contributed by atoms with Gasteiger partial charge in [0.05, 0.1) is 25.3 Å². The van der Waals surface area contributed by atoms with Gasteiger partial charge in [-0.2, -0.15) is 0 Å². The molecule has 0 aliphatic heterocycles. The molecule has 1 aliphatic carbocycles. The lowest BCUT2D eigenvalue weighted by Crippen LogP contribution is -2.04. The molecule has 0 saturated carbocycles. The van der Waals surface area contributed by atoms with Crippen molar-refractivity contribution in [3.63, 3.8) is 0 Å². The highest BCUT2D eigenvalue weighted by molar-refractivity contribution is 6.24. The minimum Gasteiger partial charge on any atom is -0.465 e. The average Bonchev–Trinajstić information content (AvgIpc) is 2.86. The number of methoxy groups -OCH3 is 2. The number of ether oxygens (including phenoxy) is 2. The van der Waals surface area contributed by atoms with Gasteiger partial charge in [0.15, 0.2) is 5.78 Å². The van der Waals surface area contributed by atoms with Gasteiger partial charge in [-0.1, -0.05) is 18.2 Å². The van der Waals surface area contributed by atoms with Gasteiger partial charge in [0.25, 0.3) is 0 Å². The van der Waals surface area contributed by atoms with Gasteiger partial charge in [0.1, 0.15) is 0 Å². The molecule has 2 aromatic rings. The standard InChI is InChI=1S/C17H12O5/c1-21-16(19)9-6-7-10-13(8-9)15(18)11-4-3-5-12(14(10)11)17(20)22-2/h3-8H,1-2H3. The van der Waals surface area contributed by atoms with Crippen molar-refractivity contribution in [2.75, 3.05) is 14.2 Å². The third-order valence-electron chi connectivity index (χ3n) is 3.67. The number of hydrogen-bond acceptors (Lipinski definition) is 5. The van der Waals surface area contributed by atoms with E-state index < -0.39 is 11.9 Å². The second kappa shape index (κ2) is 5.11. The largest absolute Gasteiger partial charge is 0.465 e. The molecule has 0 fully saturated rings. The summed E-state index contributed by atoms with van der Waals surface area (Å²) < 4.78 is 9.43. The molecule has 0 spiro atoms. The van der Waals surface area contributed by atoms with Gasteiger partial charge in [-0.15, -0.1) is 0 Å². The molecule has 5 nitrogen and oxygen atoms in total. The Kier molecular flexibility index (Phi) is 3.25. The fourth-order valence-electron chi connectivity index (χ4n) is 2.65. The van der Waals surface area contributed by atoms with Crippen molar-refractivity contribution >= 4 is 17.7 Å². The Balaban J connectivity index is 2.23. The second-order valence-corrected chi connectivity index (χ2v) is 4.80. The molecule has 0 radical (unpaired) electrons. The normalized spacial score (nSPS) is 11.6. The van der Waals surface area contributed by atoms with Crippen LogP contribution in [-0.4, -0.2) is 31.9 Å². The molecule has 0 atom stereocenters. The number of carbonyl (C=O) groups excluding carboxylic acids is 3. The first-order valence-electron chi connectivity index (χ1n) is 6.57. The molecule has 0 bridgehead atoms. The van der Waals surface area contributed by atoms with E-state index >= 15 is 0 Å².